The molecule has 0 aromatic heterocycles. The van der Waals surface area contributed by atoms with Crippen LogP contribution in [0.1, 0.15) is 61.6 Å². The molecule has 3 atom stereocenters. The van der Waals surface area contributed by atoms with Crippen molar-refractivity contribution in [3.63, 3.8) is 0 Å². The van der Waals surface area contributed by atoms with Crippen LogP contribution in [0.5, 0.6) is 0 Å². The van der Waals surface area contributed by atoms with E-state index in [0.29, 0.717) is 28.7 Å². The fourth-order valence-electron chi connectivity index (χ4n) is 4.40. The van der Waals surface area contributed by atoms with Gasteiger partial charge in [0.05, 0.1) is 11.5 Å². The summed E-state index contributed by atoms with van der Waals surface area (Å²) in [6.07, 6.45) is -8.33. The number of benzene rings is 2. The van der Waals surface area contributed by atoms with Crippen molar-refractivity contribution in [2.24, 2.45) is 5.92 Å². The van der Waals surface area contributed by atoms with E-state index in [2.05, 4.69) is 5.32 Å². The summed E-state index contributed by atoms with van der Waals surface area (Å²) in [6, 6.07) is 8.08. The minimum Gasteiger partial charge on any atom is -0.481 e. The van der Waals surface area contributed by atoms with Crippen LogP contribution in [0.3, 0.4) is 0 Å². The topological polar surface area (TPSA) is 49.3 Å². The van der Waals surface area contributed by atoms with E-state index in [1.54, 1.807) is 18.2 Å². The minimum absolute atomic E-state index is 0.0714. The summed E-state index contributed by atoms with van der Waals surface area (Å²) < 4.78 is 78.1. The molecule has 34 heavy (non-hydrogen) atoms. The third-order valence-electron chi connectivity index (χ3n) is 6.21. The number of aliphatic carboxylic acids is 1. The quantitative estimate of drug-likeness (QED) is 0.432. The first-order valence-electron chi connectivity index (χ1n) is 11.1. The number of piperidine rings is 1. The molecule has 1 aliphatic heterocycles. The molecule has 0 bridgehead atoms. The molecular weight excluding hydrogens is 460 g/mol. The first kappa shape index (κ1) is 26.1. The van der Waals surface area contributed by atoms with Crippen LogP contribution < -0.4 is 5.32 Å². The van der Waals surface area contributed by atoms with Crippen molar-refractivity contribution in [3.8, 4) is 11.1 Å². The molecule has 0 saturated carbocycles. The van der Waals surface area contributed by atoms with Gasteiger partial charge in [0, 0.05) is 6.54 Å². The van der Waals surface area contributed by atoms with Crippen molar-refractivity contribution in [2.75, 3.05) is 6.54 Å². The van der Waals surface area contributed by atoms with E-state index in [-0.39, 0.29) is 31.2 Å². The highest BCUT2D eigenvalue weighted by molar-refractivity contribution is 5.77. The van der Waals surface area contributed by atoms with Gasteiger partial charge in [-0.3, -0.25) is 4.79 Å². The fraction of sp³-hybridized carbons (Fsp3) is 0.480. The van der Waals surface area contributed by atoms with E-state index in [1.165, 1.54) is 12.1 Å². The first-order valence-corrected chi connectivity index (χ1v) is 11.1. The van der Waals surface area contributed by atoms with Gasteiger partial charge in [0.1, 0.15) is 6.04 Å². The van der Waals surface area contributed by atoms with Crippen molar-refractivity contribution >= 4 is 5.97 Å². The van der Waals surface area contributed by atoms with Crippen LogP contribution in [0.25, 0.3) is 11.1 Å². The number of halogens is 6. The number of alkyl halides is 6. The Labute approximate surface area is 194 Å². The summed E-state index contributed by atoms with van der Waals surface area (Å²) in [5.74, 6) is -2.07. The van der Waals surface area contributed by atoms with Crippen LogP contribution in [-0.4, -0.2) is 29.8 Å². The molecule has 3 nitrogen and oxygen atoms in total. The lowest BCUT2D eigenvalue weighted by Crippen LogP contribution is -2.47. The maximum atomic E-state index is 13.0. The molecule has 0 amide bonds. The zero-order valence-electron chi connectivity index (χ0n) is 18.8. The fourth-order valence-corrected chi connectivity index (χ4v) is 4.40. The normalized spacial score (nSPS) is 20.4. The lowest BCUT2D eigenvalue weighted by Gasteiger charge is -2.32. The number of nitrogens with one attached hydrogen (secondary N) is 1. The van der Waals surface area contributed by atoms with Gasteiger partial charge < -0.3 is 10.4 Å². The summed E-state index contributed by atoms with van der Waals surface area (Å²) >= 11 is 0. The van der Waals surface area contributed by atoms with Gasteiger partial charge in [-0.25, -0.2) is 0 Å². The van der Waals surface area contributed by atoms with Gasteiger partial charge >= 0.3 is 18.3 Å². The van der Waals surface area contributed by atoms with Gasteiger partial charge in [-0.2, -0.15) is 26.3 Å². The van der Waals surface area contributed by atoms with Gasteiger partial charge in [-0.15, -0.1) is 0 Å². The number of hydrogen-bond acceptors (Lipinski definition) is 2. The minimum atomic E-state index is -4.49. The number of hydrogen-bond donors (Lipinski definition) is 2. The molecule has 0 spiro atoms. The van der Waals surface area contributed by atoms with Crippen LogP contribution in [-0.2, 0) is 11.0 Å². The second-order valence-electron chi connectivity index (χ2n) is 9.26. The lowest BCUT2D eigenvalue weighted by molar-refractivity contribution is -0.160. The second kappa shape index (κ2) is 9.98. The average Bonchev–Trinajstić information content (AvgIpc) is 2.76. The standard InChI is InChI=1S/C25H27F6NO2/c1-14(2)9-21(23(33)34)19-11-17(15-3-6-20(7-4-15)24(26,27)28)10-18(12-19)16-5-8-22(32-13-16)25(29,30)31/h3-4,6-7,10-12,14,16,21-22,32H,5,8-9,13H2,1-2H3,(H,33,34)/t16?,21?,22-/m1/s1. The molecular formula is C25H27F6NO2. The van der Waals surface area contributed by atoms with E-state index >= 15 is 0 Å². The summed E-state index contributed by atoms with van der Waals surface area (Å²) in [7, 11) is 0. The zero-order valence-corrected chi connectivity index (χ0v) is 18.8. The van der Waals surface area contributed by atoms with Crippen molar-refractivity contribution in [2.45, 2.75) is 63.3 Å². The molecule has 2 aromatic carbocycles. The van der Waals surface area contributed by atoms with E-state index in [9.17, 15) is 36.2 Å². The highest BCUT2D eigenvalue weighted by Crippen LogP contribution is 2.37. The molecule has 1 saturated heterocycles. The maximum Gasteiger partial charge on any atom is 0.416 e. The third-order valence-corrected chi connectivity index (χ3v) is 6.21. The number of carboxylic acid groups (broad SMARTS) is 1. The Bertz CT molecular complexity index is 990. The van der Waals surface area contributed by atoms with Crippen LogP contribution in [0.15, 0.2) is 42.5 Å². The van der Waals surface area contributed by atoms with E-state index in [4.69, 9.17) is 0 Å². The van der Waals surface area contributed by atoms with Gasteiger partial charge in [0.2, 0.25) is 0 Å². The van der Waals surface area contributed by atoms with Crippen LogP contribution >= 0.6 is 0 Å². The Balaban J connectivity index is 2.01. The highest BCUT2D eigenvalue weighted by Gasteiger charge is 2.41. The molecule has 0 aliphatic carbocycles. The molecule has 3 rings (SSSR count). The smallest absolute Gasteiger partial charge is 0.416 e. The summed E-state index contributed by atoms with van der Waals surface area (Å²) in [5, 5.41) is 12.4. The molecule has 1 aliphatic rings. The number of carbonyl (C=O) groups is 1. The number of carboxylic acids is 1. The molecule has 2 unspecified atom stereocenters. The molecule has 2 N–H and O–H groups in total. The van der Waals surface area contributed by atoms with Gasteiger partial charge in [-0.05, 0) is 65.5 Å². The van der Waals surface area contributed by atoms with Crippen LogP contribution in [0, 0.1) is 5.92 Å². The Morgan fingerprint density at radius 3 is 2.12 bits per heavy atom. The lowest BCUT2D eigenvalue weighted by atomic mass is 9.82. The molecule has 0 radical (unpaired) electrons. The van der Waals surface area contributed by atoms with Gasteiger partial charge in [0.25, 0.3) is 0 Å². The van der Waals surface area contributed by atoms with Crippen LogP contribution in [0.4, 0.5) is 26.3 Å². The molecule has 1 fully saturated rings. The van der Waals surface area contributed by atoms with E-state index in [0.717, 1.165) is 12.1 Å². The summed E-state index contributed by atoms with van der Waals surface area (Å²) in [6.45, 7) is 3.85. The Morgan fingerprint density at radius 1 is 1.00 bits per heavy atom. The summed E-state index contributed by atoms with van der Waals surface area (Å²) in [5.41, 5.74) is 1.38. The zero-order chi connectivity index (χ0) is 25.3. The van der Waals surface area contributed by atoms with Crippen LogP contribution in [0.2, 0.25) is 0 Å². The highest BCUT2D eigenvalue weighted by atomic mass is 19.4. The maximum absolute atomic E-state index is 13.0. The largest absolute Gasteiger partial charge is 0.481 e. The predicted molar refractivity (Wildman–Crippen MR) is 117 cm³/mol. The Morgan fingerprint density at radius 2 is 1.65 bits per heavy atom. The van der Waals surface area contributed by atoms with E-state index < -0.39 is 35.8 Å². The average molecular weight is 487 g/mol. The second-order valence-corrected chi connectivity index (χ2v) is 9.26. The molecule has 186 valence electrons. The Hall–Kier alpha value is -2.55. The first-order chi connectivity index (χ1) is 15.8. The monoisotopic (exact) mass is 487 g/mol. The Kier molecular flexibility index (Phi) is 7.65. The SMILES string of the molecule is CC(C)CC(C(=O)O)c1cc(-c2ccc(C(F)(F)F)cc2)cc(C2CC[C@H](C(F)(F)F)NC2)c1. The number of rotatable bonds is 6. The van der Waals surface area contributed by atoms with Crippen molar-refractivity contribution in [1.29, 1.82) is 0 Å². The van der Waals surface area contributed by atoms with E-state index in [1.807, 2.05) is 13.8 Å². The van der Waals surface area contributed by atoms with Gasteiger partial charge in [0.15, 0.2) is 0 Å². The third kappa shape index (κ3) is 6.31. The molecule has 9 heteroatoms. The molecule has 2 aromatic rings. The van der Waals surface area contributed by atoms with Gasteiger partial charge in [-0.1, -0.05) is 44.2 Å². The van der Waals surface area contributed by atoms with Crippen molar-refractivity contribution in [3.05, 3.63) is 59.2 Å². The molecule has 1 heterocycles. The van der Waals surface area contributed by atoms with Crippen molar-refractivity contribution in [1.82, 2.24) is 5.32 Å². The summed E-state index contributed by atoms with van der Waals surface area (Å²) in [4.78, 5) is 12.0. The predicted octanol–water partition coefficient (Wildman–Crippen LogP) is 6.98. The van der Waals surface area contributed by atoms with Crippen molar-refractivity contribution < 1.29 is 36.2 Å².